The molecule has 3 aromatic heterocycles. The molecule has 51 heavy (non-hydrogen) atoms. The second-order valence-corrected chi connectivity index (χ2v) is 16.6. The van der Waals surface area contributed by atoms with Crippen molar-refractivity contribution in [1.29, 1.82) is 0 Å². The fraction of sp³-hybridized carbons (Fsp3) is 0. The molecular formula is C44H25N3S4. The van der Waals surface area contributed by atoms with Gasteiger partial charge in [0.25, 0.3) is 0 Å². The maximum Gasteiger partial charge on any atom is 0.174 e. The molecule has 3 nitrogen and oxygen atoms in total. The molecular weight excluding hydrogens is 699 g/mol. The molecule has 4 heterocycles. The number of para-hydroxylation sites is 1. The molecule has 1 aliphatic rings. The van der Waals surface area contributed by atoms with E-state index in [4.69, 9.17) is 9.36 Å². The summed E-state index contributed by atoms with van der Waals surface area (Å²) in [5, 5.41) is 6.10. The SMILES string of the molecule is c1cc(-c2nc(-c3cccc4c3sc3ccccc34)ns2)cc(N2c3ccccc3Sc3cc(-c4cccc5c4sc4ccccc45)ccc32)c1. The largest absolute Gasteiger partial charge is 0.308 e. The zero-order chi connectivity index (χ0) is 33.5. The molecule has 7 heteroatoms. The van der Waals surface area contributed by atoms with Crippen molar-refractivity contribution in [2.45, 2.75) is 9.79 Å². The maximum atomic E-state index is 5.12. The zero-order valence-corrected chi connectivity index (χ0v) is 30.2. The highest BCUT2D eigenvalue weighted by atomic mass is 32.2. The third kappa shape index (κ3) is 4.70. The van der Waals surface area contributed by atoms with Crippen molar-refractivity contribution >= 4 is 103 Å². The fourth-order valence-corrected chi connectivity index (χ4v) is 11.5. The van der Waals surface area contributed by atoms with Crippen LogP contribution in [0.5, 0.6) is 0 Å². The van der Waals surface area contributed by atoms with Crippen molar-refractivity contribution in [3.63, 3.8) is 0 Å². The maximum absolute atomic E-state index is 5.12. The van der Waals surface area contributed by atoms with Crippen molar-refractivity contribution in [3.8, 4) is 33.1 Å². The Labute approximate surface area is 310 Å². The summed E-state index contributed by atoms with van der Waals surface area (Å²) in [7, 11) is 0. The molecule has 7 aromatic carbocycles. The van der Waals surface area contributed by atoms with Crippen LogP contribution in [0, 0.1) is 0 Å². The van der Waals surface area contributed by atoms with E-state index in [0.717, 1.165) is 27.6 Å². The van der Waals surface area contributed by atoms with Gasteiger partial charge in [0, 0.05) is 66.9 Å². The molecule has 240 valence electrons. The van der Waals surface area contributed by atoms with Crippen LogP contribution in [0.15, 0.2) is 161 Å². The van der Waals surface area contributed by atoms with E-state index in [9.17, 15) is 0 Å². The summed E-state index contributed by atoms with van der Waals surface area (Å²) < 4.78 is 10.1. The minimum Gasteiger partial charge on any atom is -0.308 e. The molecule has 11 rings (SSSR count). The number of aromatic nitrogens is 2. The van der Waals surface area contributed by atoms with E-state index >= 15 is 0 Å². The highest BCUT2D eigenvalue weighted by molar-refractivity contribution is 7.99. The van der Waals surface area contributed by atoms with Crippen LogP contribution in [0.2, 0.25) is 0 Å². The summed E-state index contributed by atoms with van der Waals surface area (Å²) in [5.41, 5.74) is 8.13. The number of hydrogen-bond acceptors (Lipinski definition) is 7. The molecule has 10 aromatic rings. The predicted molar refractivity (Wildman–Crippen MR) is 221 cm³/mol. The zero-order valence-electron chi connectivity index (χ0n) is 26.9. The summed E-state index contributed by atoms with van der Waals surface area (Å²) in [6.07, 6.45) is 0. The minimum absolute atomic E-state index is 0.781. The fourth-order valence-electron chi connectivity index (χ4n) is 7.33. The van der Waals surface area contributed by atoms with Crippen LogP contribution in [0.4, 0.5) is 17.1 Å². The quantitative estimate of drug-likeness (QED) is 0.181. The first-order chi connectivity index (χ1) is 25.3. The third-order valence-corrected chi connectivity index (χ3v) is 14.0. The van der Waals surface area contributed by atoms with Crippen LogP contribution in [0.3, 0.4) is 0 Å². The topological polar surface area (TPSA) is 29.0 Å². The van der Waals surface area contributed by atoms with E-state index in [2.05, 4.69) is 157 Å². The van der Waals surface area contributed by atoms with Crippen LogP contribution in [0.1, 0.15) is 0 Å². The van der Waals surface area contributed by atoms with Gasteiger partial charge in [-0.15, -0.1) is 22.7 Å². The van der Waals surface area contributed by atoms with Gasteiger partial charge in [0.15, 0.2) is 5.82 Å². The van der Waals surface area contributed by atoms with Crippen LogP contribution < -0.4 is 4.90 Å². The lowest BCUT2D eigenvalue weighted by Gasteiger charge is -2.33. The van der Waals surface area contributed by atoms with Gasteiger partial charge in [-0.1, -0.05) is 109 Å². The van der Waals surface area contributed by atoms with Crippen molar-refractivity contribution in [2.75, 3.05) is 4.90 Å². The minimum atomic E-state index is 0.781. The molecule has 0 amide bonds. The monoisotopic (exact) mass is 723 g/mol. The summed E-state index contributed by atoms with van der Waals surface area (Å²) >= 11 is 7.00. The third-order valence-electron chi connectivity index (χ3n) is 9.66. The Morgan fingerprint density at radius 3 is 1.92 bits per heavy atom. The predicted octanol–water partition coefficient (Wildman–Crippen LogP) is 14.2. The van der Waals surface area contributed by atoms with Crippen LogP contribution in [-0.4, -0.2) is 9.36 Å². The molecule has 0 spiro atoms. The number of anilines is 3. The molecule has 0 saturated carbocycles. The van der Waals surface area contributed by atoms with Gasteiger partial charge < -0.3 is 4.90 Å². The number of nitrogens with zero attached hydrogens (tertiary/aromatic N) is 3. The van der Waals surface area contributed by atoms with Crippen LogP contribution in [-0.2, 0) is 0 Å². The van der Waals surface area contributed by atoms with Crippen LogP contribution >= 0.6 is 46.0 Å². The highest BCUT2D eigenvalue weighted by Gasteiger charge is 2.26. The van der Waals surface area contributed by atoms with E-state index in [1.165, 1.54) is 84.2 Å². The van der Waals surface area contributed by atoms with E-state index in [1.807, 2.05) is 34.4 Å². The number of hydrogen-bond donors (Lipinski definition) is 0. The normalized spacial score (nSPS) is 12.6. The molecule has 0 atom stereocenters. The number of thiophene rings is 2. The van der Waals surface area contributed by atoms with Gasteiger partial charge in [-0.2, -0.15) is 4.37 Å². The van der Waals surface area contributed by atoms with Gasteiger partial charge >= 0.3 is 0 Å². The van der Waals surface area contributed by atoms with E-state index in [-0.39, 0.29) is 0 Å². The van der Waals surface area contributed by atoms with Gasteiger partial charge in [-0.05, 0) is 77.3 Å². The molecule has 0 bridgehead atoms. The summed E-state index contributed by atoms with van der Waals surface area (Å²) in [5.74, 6) is 0.781. The van der Waals surface area contributed by atoms with E-state index < -0.39 is 0 Å². The van der Waals surface area contributed by atoms with Crippen molar-refractivity contribution < 1.29 is 0 Å². The Morgan fingerprint density at radius 2 is 1.12 bits per heavy atom. The molecule has 0 unspecified atom stereocenters. The first-order valence-corrected chi connectivity index (χ1v) is 20.0. The average molecular weight is 724 g/mol. The summed E-state index contributed by atoms with van der Waals surface area (Å²) in [6.45, 7) is 0. The number of fused-ring (bicyclic) bond motifs is 8. The van der Waals surface area contributed by atoms with Crippen molar-refractivity contribution in [1.82, 2.24) is 9.36 Å². The first-order valence-electron chi connectivity index (χ1n) is 16.7. The molecule has 0 aliphatic carbocycles. The number of rotatable bonds is 4. The van der Waals surface area contributed by atoms with Gasteiger partial charge in [-0.3, -0.25) is 0 Å². The van der Waals surface area contributed by atoms with Gasteiger partial charge in [0.05, 0.1) is 11.4 Å². The summed E-state index contributed by atoms with van der Waals surface area (Å²) in [6, 6.07) is 54.9. The second kappa shape index (κ2) is 11.6. The highest BCUT2D eigenvalue weighted by Crippen LogP contribution is 2.53. The molecule has 0 N–H and O–H groups in total. The first kappa shape index (κ1) is 29.4. The smallest absolute Gasteiger partial charge is 0.174 e. The van der Waals surface area contributed by atoms with Crippen molar-refractivity contribution in [3.05, 3.63) is 152 Å². The lowest BCUT2D eigenvalue weighted by atomic mass is 10.0. The van der Waals surface area contributed by atoms with Crippen molar-refractivity contribution in [2.24, 2.45) is 0 Å². The van der Waals surface area contributed by atoms with Crippen LogP contribution in [0.25, 0.3) is 73.4 Å². The van der Waals surface area contributed by atoms with Gasteiger partial charge in [0.2, 0.25) is 0 Å². The van der Waals surface area contributed by atoms with E-state index in [1.54, 1.807) is 0 Å². The van der Waals surface area contributed by atoms with Gasteiger partial charge in [0.1, 0.15) is 5.01 Å². The Kier molecular flexibility index (Phi) is 6.70. The average Bonchev–Trinajstić information content (AvgIpc) is 3.93. The lowest BCUT2D eigenvalue weighted by Crippen LogP contribution is -2.14. The lowest BCUT2D eigenvalue weighted by molar-refractivity contribution is 1.17. The molecule has 1 aliphatic heterocycles. The Hall–Kier alpha value is -5.31. The molecule has 0 fully saturated rings. The Bertz CT molecular complexity index is 2990. The molecule has 0 radical (unpaired) electrons. The Morgan fingerprint density at radius 1 is 0.471 bits per heavy atom. The number of benzene rings is 7. The van der Waals surface area contributed by atoms with Gasteiger partial charge in [-0.25, -0.2) is 4.98 Å². The second-order valence-electron chi connectivity index (χ2n) is 12.6. The Balaban J connectivity index is 0.999. The standard InChI is InChI=1S/C44H25N3S4/c1-4-19-37-30(12-1)32-15-8-14-29(41(32)49-37)26-22-23-36-40(25-26)48-39-21-6-3-18-35(39)47(36)28-11-7-10-27(24-28)44-45-43(46-51-44)34-17-9-16-33-31-13-2-5-20-38(31)50-42(33)34/h1-25H. The molecule has 0 saturated heterocycles. The van der Waals surface area contributed by atoms with E-state index in [0.29, 0.717) is 0 Å². The summed E-state index contributed by atoms with van der Waals surface area (Å²) in [4.78, 5) is 10.00.